The van der Waals surface area contributed by atoms with E-state index in [2.05, 4.69) is 41.7 Å². The number of aliphatic hydroxyl groups is 1. The molecule has 0 radical (unpaired) electrons. The van der Waals surface area contributed by atoms with Crippen LogP contribution in [0.5, 0.6) is 0 Å². The van der Waals surface area contributed by atoms with E-state index in [-0.39, 0.29) is 0 Å². The van der Waals surface area contributed by atoms with Crippen LogP contribution in [0.15, 0.2) is 29.6 Å². The summed E-state index contributed by atoms with van der Waals surface area (Å²) in [5, 5.41) is 16.6. The predicted molar refractivity (Wildman–Crippen MR) is 88.5 cm³/mol. The van der Waals surface area contributed by atoms with Crippen molar-refractivity contribution in [3.8, 4) is 0 Å². The van der Waals surface area contributed by atoms with Crippen molar-refractivity contribution in [3.63, 3.8) is 0 Å². The highest BCUT2D eigenvalue weighted by molar-refractivity contribution is 7.09. The monoisotopic (exact) mass is 304 g/mol. The van der Waals surface area contributed by atoms with Gasteiger partial charge in [-0.25, -0.2) is 4.98 Å². The molecule has 0 amide bonds. The maximum Gasteiger partial charge on any atom is 0.0914 e. The Labute approximate surface area is 131 Å². The van der Waals surface area contributed by atoms with Crippen molar-refractivity contribution in [3.05, 3.63) is 51.5 Å². The van der Waals surface area contributed by atoms with E-state index < -0.39 is 6.10 Å². The summed E-state index contributed by atoms with van der Waals surface area (Å²) in [7, 11) is 0. The number of hydrogen-bond donors (Lipinski definition) is 2. The SMILES string of the molecule is Cc1nc(CNCC(O)c2ccc(CC(C)C)cc2)cs1. The van der Waals surface area contributed by atoms with Gasteiger partial charge in [-0.05, 0) is 30.4 Å². The number of rotatable bonds is 7. The largest absolute Gasteiger partial charge is 0.387 e. The maximum atomic E-state index is 10.2. The lowest BCUT2D eigenvalue weighted by Crippen LogP contribution is -2.21. The third-order valence-electron chi connectivity index (χ3n) is 3.32. The molecule has 1 aromatic heterocycles. The molecule has 21 heavy (non-hydrogen) atoms. The summed E-state index contributed by atoms with van der Waals surface area (Å²) in [5.41, 5.74) is 3.33. The highest BCUT2D eigenvalue weighted by atomic mass is 32.1. The number of thiazole rings is 1. The fourth-order valence-electron chi connectivity index (χ4n) is 2.29. The van der Waals surface area contributed by atoms with Crippen molar-refractivity contribution >= 4 is 11.3 Å². The average molecular weight is 304 g/mol. The summed E-state index contributed by atoms with van der Waals surface area (Å²) in [6, 6.07) is 8.28. The van der Waals surface area contributed by atoms with Gasteiger partial charge >= 0.3 is 0 Å². The lowest BCUT2D eigenvalue weighted by atomic mass is 10.0. The van der Waals surface area contributed by atoms with Crippen molar-refractivity contribution in [2.45, 2.75) is 39.8 Å². The lowest BCUT2D eigenvalue weighted by molar-refractivity contribution is 0.174. The molecular formula is C17H24N2OS. The Bertz CT molecular complexity index is 548. The quantitative estimate of drug-likeness (QED) is 0.823. The van der Waals surface area contributed by atoms with E-state index in [1.807, 2.05) is 19.1 Å². The summed E-state index contributed by atoms with van der Waals surface area (Å²) < 4.78 is 0. The van der Waals surface area contributed by atoms with Crippen molar-refractivity contribution in [2.24, 2.45) is 5.92 Å². The third-order valence-corrected chi connectivity index (χ3v) is 4.14. The van der Waals surface area contributed by atoms with Gasteiger partial charge in [-0.3, -0.25) is 0 Å². The van der Waals surface area contributed by atoms with Crippen LogP contribution in [0.3, 0.4) is 0 Å². The molecule has 2 N–H and O–H groups in total. The van der Waals surface area contributed by atoms with Gasteiger partial charge in [0.2, 0.25) is 0 Å². The van der Waals surface area contributed by atoms with Crippen LogP contribution in [0.2, 0.25) is 0 Å². The molecule has 1 unspecified atom stereocenters. The van der Waals surface area contributed by atoms with Gasteiger partial charge in [0.15, 0.2) is 0 Å². The number of nitrogens with one attached hydrogen (secondary N) is 1. The first kappa shape index (κ1) is 16.1. The Morgan fingerprint density at radius 2 is 1.95 bits per heavy atom. The summed E-state index contributed by atoms with van der Waals surface area (Å²) in [5.74, 6) is 0.656. The molecule has 0 fully saturated rings. The Hall–Kier alpha value is -1.23. The lowest BCUT2D eigenvalue weighted by Gasteiger charge is -2.13. The molecule has 0 bridgehead atoms. The molecule has 0 saturated heterocycles. The standard InChI is InChI=1S/C17H24N2OS/c1-12(2)8-14-4-6-15(7-5-14)17(20)10-18-9-16-11-21-13(3)19-16/h4-7,11-12,17-18,20H,8-10H2,1-3H3. The van der Waals surface area contributed by atoms with Gasteiger partial charge in [0.05, 0.1) is 16.8 Å². The number of benzene rings is 1. The number of aliphatic hydroxyl groups excluding tert-OH is 1. The minimum absolute atomic E-state index is 0.474. The zero-order chi connectivity index (χ0) is 15.2. The minimum Gasteiger partial charge on any atom is -0.387 e. The van der Waals surface area contributed by atoms with Gasteiger partial charge in [0, 0.05) is 18.5 Å². The van der Waals surface area contributed by atoms with E-state index in [9.17, 15) is 5.11 Å². The van der Waals surface area contributed by atoms with Crippen LogP contribution in [0.25, 0.3) is 0 Å². The fourth-order valence-corrected chi connectivity index (χ4v) is 2.90. The van der Waals surface area contributed by atoms with Gasteiger partial charge in [-0.15, -0.1) is 11.3 Å². The molecule has 4 heteroatoms. The minimum atomic E-state index is -0.474. The fraction of sp³-hybridized carbons (Fsp3) is 0.471. The predicted octanol–water partition coefficient (Wildman–Crippen LogP) is 3.47. The summed E-state index contributed by atoms with van der Waals surface area (Å²) in [6.45, 7) is 7.67. The van der Waals surface area contributed by atoms with Crippen LogP contribution in [0.1, 0.15) is 41.8 Å². The van der Waals surface area contributed by atoms with Crippen LogP contribution in [0.4, 0.5) is 0 Å². The van der Waals surface area contributed by atoms with Crippen LogP contribution < -0.4 is 5.32 Å². The summed E-state index contributed by atoms with van der Waals surface area (Å²) >= 11 is 1.65. The molecule has 0 aliphatic rings. The van der Waals surface area contributed by atoms with Gasteiger partial charge in [0.1, 0.15) is 0 Å². The molecule has 0 saturated carbocycles. The van der Waals surface area contributed by atoms with Gasteiger partial charge < -0.3 is 10.4 Å². The summed E-state index contributed by atoms with van der Waals surface area (Å²) in [6.07, 6.45) is 0.607. The molecule has 2 aromatic rings. The first-order valence-corrected chi connectivity index (χ1v) is 8.31. The number of nitrogens with zero attached hydrogens (tertiary/aromatic N) is 1. The van der Waals surface area contributed by atoms with Gasteiger partial charge in [-0.1, -0.05) is 38.1 Å². The molecule has 0 spiro atoms. The van der Waals surface area contributed by atoms with Crippen LogP contribution in [0, 0.1) is 12.8 Å². The molecule has 1 atom stereocenters. The second-order valence-electron chi connectivity index (χ2n) is 5.84. The second kappa shape index (κ2) is 7.69. The zero-order valence-electron chi connectivity index (χ0n) is 13.0. The van der Waals surface area contributed by atoms with Gasteiger partial charge in [-0.2, -0.15) is 0 Å². The van der Waals surface area contributed by atoms with Crippen molar-refractivity contribution in [1.82, 2.24) is 10.3 Å². The van der Waals surface area contributed by atoms with Crippen LogP contribution in [-0.2, 0) is 13.0 Å². The second-order valence-corrected chi connectivity index (χ2v) is 6.91. The molecular weight excluding hydrogens is 280 g/mol. The molecule has 0 aliphatic carbocycles. The van der Waals surface area contributed by atoms with Crippen LogP contribution in [-0.4, -0.2) is 16.6 Å². The van der Waals surface area contributed by atoms with Crippen molar-refractivity contribution in [2.75, 3.05) is 6.54 Å². The highest BCUT2D eigenvalue weighted by Crippen LogP contribution is 2.15. The zero-order valence-corrected chi connectivity index (χ0v) is 13.8. The van der Waals surface area contributed by atoms with E-state index in [0.717, 1.165) is 22.7 Å². The molecule has 2 rings (SSSR count). The Balaban J connectivity index is 1.81. The number of aromatic nitrogens is 1. The Morgan fingerprint density at radius 3 is 2.52 bits per heavy atom. The third kappa shape index (κ3) is 5.23. The Morgan fingerprint density at radius 1 is 1.24 bits per heavy atom. The van der Waals surface area contributed by atoms with Crippen molar-refractivity contribution in [1.29, 1.82) is 0 Å². The number of hydrogen-bond acceptors (Lipinski definition) is 4. The maximum absolute atomic E-state index is 10.2. The normalized spacial score (nSPS) is 12.8. The molecule has 0 aliphatic heterocycles. The highest BCUT2D eigenvalue weighted by Gasteiger charge is 2.08. The smallest absolute Gasteiger partial charge is 0.0914 e. The van der Waals surface area contributed by atoms with E-state index >= 15 is 0 Å². The molecule has 1 heterocycles. The van der Waals surface area contributed by atoms with E-state index in [0.29, 0.717) is 19.0 Å². The topological polar surface area (TPSA) is 45.2 Å². The molecule has 114 valence electrons. The van der Waals surface area contributed by atoms with E-state index in [4.69, 9.17) is 0 Å². The first-order chi connectivity index (χ1) is 10.0. The molecule has 1 aromatic carbocycles. The molecule has 3 nitrogen and oxygen atoms in total. The first-order valence-electron chi connectivity index (χ1n) is 7.43. The number of aryl methyl sites for hydroxylation is 1. The van der Waals surface area contributed by atoms with Gasteiger partial charge in [0.25, 0.3) is 0 Å². The van der Waals surface area contributed by atoms with Crippen molar-refractivity contribution < 1.29 is 5.11 Å². The summed E-state index contributed by atoms with van der Waals surface area (Å²) in [4.78, 5) is 4.39. The van der Waals surface area contributed by atoms with E-state index in [1.54, 1.807) is 11.3 Å². The average Bonchev–Trinajstić information content (AvgIpc) is 2.84. The Kier molecular flexibility index (Phi) is 5.91. The van der Waals surface area contributed by atoms with E-state index in [1.165, 1.54) is 5.56 Å². The van der Waals surface area contributed by atoms with Crippen LogP contribution >= 0.6 is 11.3 Å².